The molecular weight excluding hydrogens is 174 g/mol. The van der Waals surface area contributed by atoms with E-state index in [4.69, 9.17) is 10.00 Å². The molecule has 0 aliphatic heterocycles. The molecule has 1 aliphatic carbocycles. The Balaban J connectivity index is 2.56. The van der Waals surface area contributed by atoms with Gasteiger partial charge in [-0.25, -0.2) is 0 Å². The molecule has 1 saturated carbocycles. The molecule has 14 heavy (non-hydrogen) atoms. The fraction of sp³-hybridized carbons (Fsp3) is 0.917. The van der Waals surface area contributed by atoms with Crippen molar-refractivity contribution in [3.63, 3.8) is 0 Å². The van der Waals surface area contributed by atoms with E-state index in [2.05, 4.69) is 19.9 Å². The molecule has 80 valence electrons. The average Bonchev–Trinajstić information content (AvgIpc) is 2.56. The first-order valence-electron chi connectivity index (χ1n) is 5.75. The number of hydrogen-bond acceptors (Lipinski definition) is 2. The van der Waals surface area contributed by atoms with E-state index < -0.39 is 0 Å². The van der Waals surface area contributed by atoms with Crippen LogP contribution in [0, 0.1) is 29.1 Å². The second kappa shape index (κ2) is 5.36. The highest BCUT2D eigenvalue weighted by atomic mass is 16.5. The largest absolute Gasteiger partial charge is 0.363 e. The number of ether oxygens (including phenoxy) is 1. The summed E-state index contributed by atoms with van der Waals surface area (Å²) in [5, 5.41) is 9.02. The highest BCUT2D eigenvalue weighted by molar-refractivity contribution is 4.96. The molecule has 0 aromatic carbocycles. The molecule has 1 rings (SSSR count). The van der Waals surface area contributed by atoms with Crippen LogP contribution >= 0.6 is 0 Å². The molecule has 0 aromatic heterocycles. The molecule has 0 radical (unpaired) electrons. The van der Waals surface area contributed by atoms with Crippen molar-refractivity contribution in [1.29, 1.82) is 5.26 Å². The Morgan fingerprint density at radius 3 is 2.57 bits per heavy atom. The lowest BCUT2D eigenvalue weighted by Gasteiger charge is -2.23. The van der Waals surface area contributed by atoms with E-state index in [0.717, 1.165) is 12.3 Å². The zero-order valence-electron chi connectivity index (χ0n) is 9.49. The van der Waals surface area contributed by atoms with Crippen LogP contribution in [0.2, 0.25) is 0 Å². The third kappa shape index (κ3) is 2.27. The van der Waals surface area contributed by atoms with Crippen molar-refractivity contribution < 1.29 is 4.74 Å². The zero-order chi connectivity index (χ0) is 10.6. The predicted molar refractivity (Wildman–Crippen MR) is 56.7 cm³/mol. The summed E-state index contributed by atoms with van der Waals surface area (Å²) in [7, 11) is 0. The molecular formula is C12H21NO. The lowest BCUT2D eigenvalue weighted by molar-refractivity contribution is 0.0434. The predicted octanol–water partition coefficient (Wildman–Crippen LogP) is 2.99. The van der Waals surface area contributed by atoms with E-state index in [-0.39, 0.29) is 6.10 Å². The molecule has 0 N–H and O–H groups in total. The van der Waals surface area contributed by atoms with Crippen LogP contribution in [0.4, 0.5) is 0 Å². The van der Waals surface area contributed by atoms with Crippen molar-refractivity contribution in [2.45, 2.75) is 46.1 Å². The van der Waals surface area contributed by atoms with Crippen LogP contribution in [0.5, 0.6) is 0 Å². The van der Waals surface area contributed by atoms with Crippen LogP contribution in [-0.2, 0) is 4.74 Å². The van der Waals surface area contributed by atoms with E-state index in [1.807, 2.05) is 6.92 Å². The van der Waals surface area contributed by atoms with Gasteiger partial charge in [0, 0.05) is 12.5 Å². The summed E-state index contributed by atoms with van der Waals surface area (Å²) in [5.41, 5.74) is 0. The minimum absolute atomic E-state index is 0.174. The summed E-state index contributed by atoms with van der Waals surface area (Å²) in [5.74, 6) is 1.91. The Labute approximate surface area is 87.3 Å². The summed E-state index contributed by atoms with van der Waals surface area (Å²) in [6.45, 7) is 7.13. The summed E-state index contributed by atoms with van der Waals surface area (Å²) in [6, 6.07) is 2.30. The smallest absolute Gasteiger partial charge is 0.147 e. The Hall–Kier alpha value is -0.550. The molecule has 4 unspecified atom stereocenters. The monoisotopic (exact) mass is 195 g/mol. The van der Waals surface area contributed by atoms with Gasteiger partial charge < -0.3 is 4.74 Å². The highest BCUT2D eigenvalue weighted by Gasteiger charge is 2.37. The van der Waals surface area contributed by atoms with Gasteiger partial charge in [-0.3, -0.25) is 0 Å². The standard InChI is InChI=1S/C12H21NO/c1-4-10-6-7-11(9(10)3)12(8-13)14-5-2/h9-12H,4-7H2,1-3H3. The van der Waals surface area contributed by atoms with Crippen LogP contribution < -0.4 is 0 Å². The van der Waals surface area contributed by atoms with Crippen molar-refractivity contribution in [3.05, 3.63) is 0 Å². The molecule has 0 amide bonds. The van der Waals surface area contributed by atoms with Gasteiger partial charge in [-0.15, -0.1) is 0 Å². The van der Waals surface area contributed by atoms with E-state index >= 15 is 0 Å². The van der Waals surface area contributed by atoms with Crippen molar-refractivity contribution in [2.75, 3.05) is 6.61 Å². The molecule has 0 spiro atoms. The second-order valence-corrected chi connectivity index (χ2v) is 4.27. The van der Waals surface area contributed by atoms with Crippen LogP contribution in [0.3, 0.4) is 0 Å². The van der Waals surface area contributed by atoms with Crippen LogP contribution in [0.15, 0.2) is 0 Å². The first-order chi connectivity index (χ1) is 6.74. The Kier molecular flexibility index (Phi) is 4.41. The lowest BCUT2D eigenvalue weighted by atomic mass is 9.87. The van der Waals surface area contributed by atoms with E-state index in [0.29, 0.717) is 18.4 Å². The van der Waals surface area contributed by atoms with Gasteiger partial charge in [0.15, 0.2) is 0 Å². The van der Waals surface area contributed by atoms with Gasteiger partial charge in [0.25, 0.3) is 0 Å². The van der Waals surface area contributed by atoms with Crippen molar-refractivity contribution in [2.24, 2.45) is 17.8 Å². The molecule has 0 bridgehead atoms. The van der Waals surface area contributed by atoms with Gasteiger partial charge in [0.1, 0.15) is 6.10 Å². The molecule has 2 heteroatoms. The number of nitrogens with zero attached hydrogens (tertiary/aromatic N) is 1. The summed E-state index contributed by atoms with van der Waals surface area (Å²) in [4.78, 5) is 0. The fourth-order valence-electron chi connectivity index (χ4n) is 2.72. The third-order valence-electron chi connectivity index (χ3n) is 3.68. The SMILES string of the molecule is CCOC(C#N)C1CCC(CC)C1C. The molecule has 1 aliphatic rings. The van der Waals surface area contributed by atoms with Gasteiger partial charge in [-0.1, -0.05) is 20.3 Å². The van der Waals surface area contributed by atoms with Crippen LogP contribution in [0.1, 0.15) is 40.0 Å². The first kappa shape index (κ1) is 11.5. The molecule has 0 aromatic rings. The maximum absolute atomic E-state index is 9.02. The minimum atomic E-state index is -0.174. The Morgan fingerprint density at radius 1 is 1.43 bits per heavy atom. The lowest BCUT2D eigenvalue weighted by Crippen LogP contribution is -2.26. The average molecular weight is 195 g/mol. The van der Waals surface area contributed by atoms with Gasteiger partial charge in [-0.05, 0) is 31.6 Å². The Bertz CT molecular complexity index is 209. The number of rotatable bonds is 4. The van der Waals surface area contributed by atoms with Gasteiger partial charge >= 0.3 is 0 Å². The first-order valence-corrected chi connectivity index (χ1v) is 5.75. The highest BCUT2D eigenvalue weighted by Crippen LogP contribution is 2.40. The molecule has 4 atom stereocenters. The second-order valence-electron chi connectivity index (χ2n) is 4.27. The fourth-order valence-corrected chi connectivity index (χ4v) is 2.72. The molecule has 2 nitrogen and oxygen atoms in total. The van der Waals surface area contributed by atoms with E-state index in [9.17, 15) is 0 Å². The van der Waals surface area contributed by atoms with Crippen molar-refractivity contribution in [3.8, 4) is 6.07 Å². The normalized spacial score (nSPS) is 34.0. The summed E-state index contributed by atoms with van der Waals surface area (Å²) >= 11 is 0. The minimum Gasteiger partial charge on any atom is -0.363 e. The number of hydrogen-bond donors (Lipinski definition) is 0. The van der Waals surface area contributed by atoms with Gasteiger partial charge in [0.2, 0.25) is 0 Å². The molecule has 1 fully saturated rings. The molecule has 0 heterocycles. The summed E-state index contributed by atoms with van der Waals surface area (Å²) < 4.78 is 5.48. The van der Waals surface area contributed by atoms with Gasteiger partial charge in [0.05, 0.1) is 6.07 Å². The maximum atomic E-state index is 9.02. The maximum Gasteiger partial charge on any atom is 0.147 e. The van der Waals surface area contributed by atoms with Crippen molar-refractivity contribution in [1.82, 2.24) is 0 Å². The Morgan fingerprint density at radius 2 is 2.14 bits per heavy atom. The van der Waals surface area contributed by atoms with Gasteiger partial charge in [-0.2, -0.15) is 5.26 Å². The number of nitriles is 1. The zero-order valence-corrected chi connectivity index (χ0v) is 9.49. The van der Waals surface area contributed by atoms with E-state index in [1.54, 1.807) is 0 Å². The summed E-state index contributed by atoms with van der Waals surface area (Å²) in [6.07, 6.45) is 3.50. The quantitative estimate of drug-likeness (QED) is 0.691. The van der Waals surface area contributed by atoms with E-state index in [1.165, 1.54) is 12.8 Å². The van der Waals surface area contributed by atoms with Crippen LogP contribution in [0.25, 0.3) is 0 Å². The topological polar surface area (TPSA) is 33.0 Å². The van der Waals surface area contributed by atoms with Crippen LogP contribution in [-0.4, -0.2) is 12.7 Å². The third-order valence-corrected chi connectivity index (χ3v) is 3.68. The molecule has 0 saturated heterocycles. The van der Waals surface area contributed by atoms with Crippen molar-refractivity contribution >= 4 is 0 Å².